The van der Waals surface area contributed by atoms with Crippen molar-refractivity contribution in [3.63, 3.8) is 0 Å². The van der Waals surface area contributed by atoms with Crippen molar-refractivity contribution in [2.75, 3.05) is 5.32 Å². The monoisotopic (exact) mass is 375 g/mol. The van der Waals surface area contributed by atoms with Gasteiger partial charge in [0.15, 0.2) is 0 Å². The average molecular weight is 376 g/mol. The summed E-state index contributed by atoms with van der Waals surface area (Å²) in [6.45, 7) is 0. The standard InChI is InChI=1S/C13H8BrF2NO3S/c14-9-7-8(5-6-10(9)15)13(18)17-11-3-1-2-4-12(11)21(16,19)20/h1-7H,(H,17,18). The number of rotatable bonds is 3. The highest BCUT2D eigenvalue weighted by Crippen LogP contribution is 2.24. The number of amides is 1. The Morgan fingerprint density at radius 2 is 1.81 bits per heavy atom. The van der Waals surface area contributed by atoms with Gasteiger partial charge in [-0.25, -0.2) is 4.39 Å². The van der Waals surface area contributed by atoms with Crippen molar-refractivity contribution in [1.82, 2.24) is 0 Å². The molecule has 8 heteroatoms. The summed E-state index contributed by atoms with van der Waals surface area (Å²) >= 11 is 2.94. The third kappa shape index (κ3) is 3.64. The molecule has 0 saturated carbocycles. The molecule has 0 radical (unpaired) electrons. The van der Waals surface area contributed by atoms with Crippen LogP contribution < -0.4 is 5.32 Å². The molecule has 0 bridgehead atoms. The van der Waals surface area contributed by atoms with Gasteiger partial charge in [-0.05, 0) is 46.3 Å². The summed E-state index contributed by atoms with van der Waals surface area (Å²) in [4.78, 5) is 11.3. The molecule has 0 aliphatic rings. The summed E-state index contributed by atoms with van der Waals surface area (Å²) in [6.07, 6.45) is 0. The van der Waals surface area contributed by atoms with Crippen molar-refractivity contribution in [3.8, 4) is 0 Å². The number of benzene rings is 2. The lowest BCUT2D eigenvalue weighted by Crippen LogP contribution is -2.14. The Morgan fingerprint density at radius 1 is 1.14 bits per heavy atom. The molecule has 0 heterocycles. The highest BCUT2D eigenvalue weighted by molar-refractivity contribution is 9.10. The molecule has 1 N–H and O–H groups in total. The van der Waals surface area contributed by atoms with Crippen molar-refractivity contribution in [2.24, 2.45) is 0 Å². The molecule has 2 rings (SSSR count). The lowest BCUT2D eigenvalue weighted by atomic mass is 10.2. The number of para-hydroxylation sites is 1. The van der Waals surface area contributed by atoms with E-state index in [0.717, 1.165) is 12.1 Å². The Kier molecular flexibility index (Phi) is 4.38. The van der Waals surface area contributed by atoms with Crippen LogP contribution in [0, 0.1) is 5.82 Å². The molecule has 4 nitrogen and oxygen atoms in total. The van der Waals surface area contributed by atoms with Crippen molar-refractivity contribution >= 4 is 37.7 Å². The topological polar surface area (TPSA) is 63.2 Å². The first-order valence-electron chi connectivity index (χ1n) is 5.59. The third-order valence-corrected chi connectivity index (χ3v) is 4.07. The molecule has 0 saturated heterocycles. The van der Waals surface area contributed by atoms with Crippen LogP contribution in [0.1, 0.15) is 10.4 Å². The van der Waals surface area contributed by atoms with Crippen molar-refractivity contribution in [3.05, 3.63) is 58.3 Å². The Hall–Kier alpha value is -1.80. The zero-order chi connectivity index (χ0) is 15.6. The Morgan fingerprint density at radius 3 is 2.43 bits per heavy atom. The first-order chi connectivity index (χ1) is 9.79. The number of halogens is 3. The molecule has 0 aliphatic carbocycles. The summed E-state index contributed by atoms with van der Waals surface area (Å²) in [5, 5.41) is 2.28. The van der Waals surface area contributed by atoms with Gasteiger partial charge in [0.1, 0.15) is 10.7 Å². The average Bonchev–Trinajstić information content (AvgIpc) is 2.41. The molecular formula is C13H8BrF2NO3S. The first kappa shape index (κ1) is 15.6. The molecule has 0 aromatic heterocycles. The van der Waals surface area contributed by atoms with E-state index in [0.29, 0.717) is 0 Å². The number of hydrogen-bond acceptors (Lipinski definition) is 3. The molecule has 21 heavy (non-hydrogen) atoms. The molecule has 0 spiro atoms. The maximum absolute atomic E-state index is 13.1. The fraction of sp³-hybridized carbons (Fsp3) is 0. The lowest BCUT2D eigenvalue weighted by Gasteiger charge is -2.08. The Labute approximate surface area is 128 Å². The van der Waals surface area contributed by atoms with E-state index < -0.39 is 26.8 Å². The minimum Gasteiger partial charge on any atom is -0.321 e. The minimum absolute atomic E-state index is 0.0848. The van der Waals surface area contributed by atoms with Crippen LogP contribution in [0.3, 0.4) is 0 Å². The summed E-state index contributed by atoms with van der Waals surface area (Å²) in [5.41, 5.74) is -0.0974. The maximum Gasteiger partial charge on any atom is 0.334 e. The molecule has 2 aromatic rings. The number of carbonyl (C=O) groups is 1. The number of carbonyl (C=O) groups excluding carboxylic acids is 1. The summed E-state index contributed by atoms with van der Waals surface area (Å²) in [5.74, 6) is -1.23. The van der Waals surface area contributed by atoms with Gasteiger partial charge >= 0.3 is 10.2 Å². The molecule has 1 amide bonds. The van der Waals surface area contributed by atoms with Crippen LogP contribution >= 0.6 is 15.9 Å². The Balaban J connectivity index is 2.34. The zero-order valence-electron chi connectivity index (χ0n) is 10.3. The fourth-order valence-corrected chi connectivity index (χ4v) is 2.62. The molecule has 2 aromatic carbocycles. The van der Waals surface area contributed by atoms with Gasteiger partial charge in [-0.2, -0.15) is 8.42 Å². The van der Waals surface area contributed by atoms with E-state index in [4.69, 9.17) is 0 Å². The molecule has 0 atom stereocenters. The SMILES string of the molecule is O=C(Nc1ccccc1S(=O)(=O)F)c1ccc(F)c(Br)c1. The number of nitrogens with one attached hydrogen (secondary N) is 1. The van der Waals surface area contributed by atoms with Gasteiger partial charge in [0, 0.05) is 5.56 Å². The zero-order valence-corrected chi connectivity index (χ0v) is 12.7. The van der Waals surface area contributed by atoms with Crippen LogP contribution in [0.5, 0.6) is 0 Å². The quantitative estimate of drug-likeness (QED) is 0.835. The molecular weight excluding hydrogens is 368 g/mol. The minimum atomic E-state index is -4.96. The van der Waals surface area contributed by atoms with Gasteiger partial charge < -0.3 is 5.32 Å². The second kappa shape index (κ2) is 5.90. The van der Waals surface area contributed by atoms with Gasteiger partial charge in [0.2, 0.25) is 0 Å². The van der Waals surface area contributed by atoms with Gasteiger partial charge in [0.25, 0.3) is 5.91 Å². The van der Waals surface area contributed by atoms with Crippen LogP contribution in [0.4, 0.5) is 14.0 Å². The van der Waals surface area contributed by atoms with E-state index in [-0.39, 0.29) is 15.7 Å². The molecule has 0 unspecified atom stereocenters. The van der Waals surface area contributed by atoms with Crippen LogP contribution in [0.2, 0.25) is 0 Å². The summed E-state index contributed by atoms with van der Waals surface area (Å²) in [7, 11) is -4.96. The van der Waals surface area contributed by atoms with Gasteiger partial charge in [-0.3, -0.25) is 4.79 Å². The van der Waals surface area contributed by atoms with Crippen LogP contribution in [-0.2, 0) is 10.2 Å². The third-order valence-electron chi connectivity index (χ3n) is 2.58. The van der Waals surface area contributed by atoms with E-state index in [1.807, 2.05) is 0 Å². The van der Waals surface area contributed by atoms with Crippen molar-refractivity contribution < 1.29 is 21.5 Å². The molecule has 0 aliphatic heterocycles. The van der Waals surface area contributed by atoms with E-state index in [9.17, 15) is 21.5 Å². The van der Waals surface area contributed by atoms with Gasteiger partial charge in [-0.1, -0.05) is 12.1 Å². The maximum atomic E-state index is 13.1. The second-order valence-corrected chi connectivity index (χ2v) is 6.19. The molecule has 0 fully saturated rings. The predicted octanol–water partition coefficient (Wildman–Crippen LogP) is 3.50. The smallest absolute Gasteiger partial charge is 0.321 e. The van der Waals surface area contributed by atoms with Crippen molar-refractivity contribution in [1.29, 1.82) is 0 Å². The highest BCUT2D eigenvalue weighted by Gasteiger charge is 2.19. The largest absolute Gasteiger partial charge is 0.334 e. The van der Waals surface area contributed by atoms with Crippen LogP contribution in [0.15, 0.2) is 51.8 Å². The lowest BCUT2D eigenvalue weighted by molar-refractivity contribution is 0.102. The normalized spacial score (nSPS) is 11.2. The fourth-order valence-electron chi connectivity index (χ4n) is 1.61. The summed E-state index contributed by atoms with van der Waals surface area (Å²) in [6, 6.07) is 8.60. The second-order valence-electron chi connectivity index (χ2n) is 4.02. The van der Waals surface area contributed by atoms with Gasteiger partial charge in [-0.15, -0.1) is 3.89 Å². The molecule has 110 valence electrons. The van der Waals surface area contributed by atoms with E-state index in [2.05, 4.69) is 21.2 Å². The van der Waals surface area contributed by atoms with Crippen LogP contribution in [0.25, 0.3) is 0 Å². The Bertz CT molecular complexity index is 809. The van der Waals surface area contributed by atoms with E-state index >= 15 is 0 Å². The van der Waals surface area contributed by atoms with Gasteiger partial charge in [0.05, 0.1) is 10.2 Å². The predicted molar refractivity (Wildman–Crippen MR) is 76.8 cm³/mol. The van der Waals surface area contributed by atoms with Crippen LogP contribution in [-0.4, -0.2) is 14.3 Å². The summed E-state index contributed by atoms with van der Waals surface area (Å²) < 4.78 is 48.3. The number of anilines is 1. The first-order valence-corrected chi connectivity index (χ1v) is 7.77. The van der Waals surface area contributed by atoms with E-state index in [1.54, 1.807) is 0 Å². The highest BCUT2D eigenvalue weighted by atomic mass is 79.9. The number of hydrogen-bond donors (Lipinski definition) is 1. The van der Waals surface area contributed by atoms with Crippen molar-refractivity contribution in [2.45, 2.75) is 4.90 Å². The van der Waals surface area contributed by atoms with E-state index in [1.165, 1.54) is 30.3 Å².